The molecule has 1 fully saturated rings. The number of likely N-dealkylation sites (tertiary alicyclic amines) is 1. The first-order valence-electron chi connectivity index (χ1n) is 9.34. The van der Waals surface area contributed by atoms with Crippen LogP contribution in [0.15, 0.2) is 34.2 Å². The number of sulfone groups is 1. The zero-order valence-electron chi connectivity index (χ0n) is 16.6. The highest BCUT2D eigenvalue weighted by Gasteiger charge is 2.14. The number of benzene rings is 1. The van der Waals surface area contributed by atoms with E-state index in [-0.39, 0.29) is 24.0 Å². The van der Waals surface area contributed by atoms with Crippen LogP contribution in [-0.4, -0.2) is 58.8 Å². The van der Waals surface area contributed by atoms with Crippen molar-refractivity contribution in [3.63, 3.8) is 0 Å². The fourth-order valence-electron chi connectivity index (χ4n) is 3.06. The largest absolute Gasteiger partial charge is 0.356 e. The van der Waals surface area contributed by atoms with Gasteiger partial charge in [-0.2, -0.15) is 0 Å². The van der Waals surface area contributed by atoms with Gasteiger partial charge in [-0.25, -0.2) is 8.42 Å². The van der Waals surface area contributed by atoms with Crippen LogP contribution in [0.4, 0.5) is 0 Å². The van der Waals surface area contributed by atoms with Gasteiger partial charge in [0.1, 0.15) is 0 Å². The van der Waals surface area contributed by atoms with E-state index in [1.54, 1.807) is 19.2 Å². The molecule has 0 atom stereocenters. The van der Waals surface area contributed by atoms with E-state index < -0.39 is 9.84 Å². The second-order valence-electron chi connectivity index (χ2n) is 7.15. The Labute approximate surface area is 181 Å². The average molecular weight is 508 g/mol. The average Bonchev–Trinajstić information content (AvgIpc) is 2.62. The van der Waals surface area contributed by atoms with Gasteiger partial charge in [-0.1, -0.05) is 19.1 Å². The maximum absolute atomic E-state index is 11.5. The first-order valence-corrected chi connectivity index (χ1v) is 11.2. The number of nitrogens with zero attached hydrogens (tertiary/aromatic N) is 2. The Kier molecular flexibility index (Phi) is 10.6. The minimum Gasteiger partial charge on any atom is -0.356 e. The van der Waals surface area contributed by atoms with Gasteiger partial charge in [0, 0.05) is 26.4 Å². The zero-order valence-corrected chi connectivity index (χ0v) is 19.7. The van der Waals surface area contributed by atoms with Crippen molar-refractivity contribution in [1.82, 2.24) is 15.5 Å². The van der Waals surface area contributed by atoms with Crippen molar-refractivity contribution in [3.05, 3.63) is 29.8 Å². The number of piperidine rings is 1. The van der Waals surface area contributed by atoms with E-state index in [0.29, 0.717) is 11.4 Å². The molecule has 2 rings (SSSR count). The van der Waals surface area contributed by atoms with Crippen LogP contribution >= 0.6 is 24.0 Å². The molecule has 2 N–H and O–H groups in total. The lowest BCUT2D eigenvalue weighted by molar-refractivity contribution is 0.191. The van der Waals surface area contributed by atoms with Crippen LogP contribution in [0.1, 0.15) is 31.7 Å². The summed E-state index contributed by atoms with van der Waals surface area (Å²) in [7, 11) is -1.39. The van der Waals surface area contributed by atoms with Crippen LogP contribution in [0, 0.1) is 5.92 Å². The minimum absolute atomic E-state index is 0. The molecule has 0 saturated carbocycles. The van der Waals surface area contributed by atoms with E-state index >= 15 is 0 Å². The summed E-state index contributed by atoms with van der Waals surface area (Å²) in [6.07, 6.45) is 4.94. The predicted molar refractivity (Wildman–Crippen MR) is 123 cm³/mol. The second kappa shape index (κ2) is 11.9. The minimum atomic E-state index is -3.14. The lowest BCUT2D eigenvalue weighted by atomic mass is 9.99. The van der Waals surface area contributed by atoms with Gasteiger partial charge in [0.25, 0.3) is 0 Å². The fourth-order valence-corrected chi connectivity index (χ4v) is 3.69. The van der Waals surface area contributed by atoms with Gasteiger partial charge < -0.3 is 15.5 Å². The van der Waals surface area contributed by atoms with Gasteiger partial charge >= 0.3 is 0 Å². The van der Waals surface area contributed by atoms with Crippen LogP contribution in [0.3, 0.4) is 0 Å². The third-order valence-corrected chi connectivity index (χ3v) is 5.98. The van der Waals surface area contributed by atoms with Crippen LogP contribution in [-0.2, 0) is 16.4 Å². The number of hydrogen-bond donors (Lipinski definition) is 2. The van der Waals surface area contributed by atoms with Crippen molar-refractivity contribution in [2.45, 2.75) is 37.6 Å². The second-order valence-corrected chi connectivity index (χ2v) is 9.16. The maximum Gasteiger partial charge on any atom is 0.191 e. The van der Waals surface area contributed by atoms with Crippen molar-refractivity contribution in [2.75, 3.05) is 39.5 Å². The van der Waals surface area contributed by atoms with Crippen molar-refractivity contribution in [3.8, 4) is 0 Å². The van der Waals surface area contributed by atoms with Gasteiger partial charge in [0.2, 0.25) is 0 Å². The molecule has 1 aliphatic heterocycles. The van der Waals surface area contributed by atoms with E-state index in [0.717, 1.165) is 37.0 Å². The molecule has 1 aromatic carbocycles. The molecule has 6 nitrogen and oxygen atoms in total. The van der Waals surface area contributed by atoms with Crippen molar-refractivity contribution in [2.24, 2.45) is 10.9 Å². The molecule has 154 valence electrons. The van der Waals surface area contributed by atoms with E-state index in [9.17, 15) is 8.42 Å². The smallest absolute Gasteiger partial charge is 0.191 e. The molecule has 27 heavy (non-hydrogen) atoms. The number of halogens is 1. The number of rotatable bonds is 7. The molecular weight excluding hydrogens is 475 g/mol. The molecule has 0 radical (unpaired) electrons. The lowest BCUT2D eigenvalue weighted by Gasteiger charge is -2.30. The van der Waals surface area contributed by atoms with E-state index in [1.165, 1.54) is 32.2 Å². The summed E-state index contributed by atoms with van der Waals surface area (Å²) in [4.78, 5) is 7.13. The fraction of sp³-hybridized carbons (Fsp3) is 0.632. The predicted octanol–water partition coefficient (Wildman–Crippen LogP) is 2.50. The van der Waals surface area contributed by atoms with E-state index in [2.05, 4.69) is 27.4 Å². The molecule has 1 aliphatic rings. The molecule has 0 spiro atoms. The molecule has 0 bridgehead atoms. The van der Waals surface area contributed by atoms with Gasteiger partial charge in [-0.3, -0.25) is 4.99 Å². The summed E-state index contributed by atoms with van der Waals surface area (Å²) < 4.78 is 23.0. The molecule has 1 heterocycles. The summed E-state index contributed by atoms with van der Waals surface area (Å²) in [5.74, 6) is 1.64. The summed E-state index contributed by atoms with van der Waals surface area (Å²) in [6, 6.07) is 6.94. The Morgan fingerprint density at radius 2 is 1.81 bits per heavy atom. The van der Waals surface area contributed by atoms with Gasteiger partial charge in [0.15, 0.2) is 15.8 Å². The number of guanidine groups is 1. The van der Waals surface area contributed by atoms with Gasteiger partial charge in [-0.15, -0.1) is 24.0 Å². The van der Waals surface area contributed by atoms with Gasteiger partial charge in [-0.05, 0) is 62.5 Å². The van der Waals surface area contributed by atoms with Crippen LogP contribution in [0.5, 0.6) is 0 Å². The van der Waals surface area contributed by atoms with Crippen molar-refractivity contribution < 1.29 is 8.42 Å². The maximum atomic E-state index is 11.5. The van der Waals surface area contributed by atoms with Crippen LogP contribution < -0.4 is 10.6 Å². The van der Waals surface area contributed by atoms with E-state index in [1.807, 2.05) is 12.1 Å². The Balaban J connectivity index is 0.00000364. The van der Waals surface area contributed by atoms with Gasteiger partial charge in [0.05, 0.1) is 4.90 Å². The summed E-state index contributed by atoms with van der Waals surface area (Å²) in [5.41, 5.74) is 1.02. The van der Waals surface area contributed by atoms with E-state index in [4.69, 9.17) is 0 Å². The Morgan fingerprint density at radius 3 is 2.37 bits per heavy atom. The highest BCUT2D eigenvalue weighted by atomic mass is 127. The van der Waals surface area contributed by atoms with Crippen molar-refractivity contribution >= 4 is 39.8 Å². The molecule has 0 aliphatic carbocycles. The van der Waals surface area contributed by atoms with Crippen LogP contribution in [0.25, 0.3) is 0 Å². The molecule has 1 saturated heterocycles. The lowest BCUT2D eigenvalue weighted by Crippen LogP contribution is -2.39. The van der Waals surface area contributed by atoms with Crippen molar-refractivity contribution in [1.29, 1.82) is 0 Å². The molecule has 1 aromatic rings. The quantitative estimate of drug-likeness (QED) is 0.256. The Hall–Kier alpha value is -0.870. The molecule has 0 unspecified atom stereocenters. The first-order chi connectivity index (χ1) is 12.4. The number of aliphatic imine (C=N–C) groups is 1. The number of hydrogen-bond acceptors (Lipinski definition) is 4. The summed E-state index contributed by atoms with van der Waals surface area (Å²) in [5, 5.41) is 6.60. The molecular formula is C19H33IN4O2S. The molecule has 0 amide bonds. The number of nitrogens with one attached hydrogen (secondary N) is 2. The third kappa shape index (κ3) is 8.78. The first kappa shape index (κ1) is 24.2. The monoisotopic (exact) mass is 508 g/mol. The Bertz CT molecular complexity index is 684. The molecule has 0 aromatic heterocycles. The third-order valence-electron chi connectivity index (χ3n) is 4.85. The van der Waals surface area contributed by atoms with Crippen LogP contribution in [0.2, 0.25) is 0 Å². The summed E-state index contributed by atoms with van der Waals surface area (Å²) in [6.45, 7) is 7.40. The highest BCUT2D eigenvalue weighted by Crippen LogP contribution is 2.15. The zero-order chi connectivity index (χ0) is 19.0. The highest BCUT2D eigenvalue weighted by molar-refractivity contribution is 14.0. The Morgan fingerprint density at radius 1 is 1.19 bits per heavy atom. The SMILES string of the molecule is CN=C(NCCCN1CCC(C)CC1)NCc1ccc(S(C)(=O)=O)cc1.I. The summed E-state index contributed by atoms with van der Waals surface area (Å²) >= 11 is 0. The topological polar surface area (TPSA) is 73.8 Å². The standard InChI is InChI=1S/C19H32N4O2S.HI/c1-16-9-13-23(14-10-16)12-4-11-21-19(20-2)22-15-17-5-7-18(8-6-17)26(3,24)25;/h5-8,16H,4,9-15H2,1-3H3,(H2,20,21,22);1H. The normalized spacial score (nSPS) is 16.6. The molecule has 8 heteroatoms.